The maximum absolute atomic E-state index is 12.9. The lowest BCUT2D eigenvalue weighted by atomic mass is 9.97. The molecule has 2 aromatic heterocycles. The fourth-order valence-corrected chi connectivity index (χ4v) is 5.37. The number of carbonyl (C=O) groups excluding carboxylic acids is 1. The summed E-state index contributed by atoms with van der Waals surface area (Å²) in [7, 11) is 0. The molecule has 3 aromatic rings. The fourth-order valence-electron chi connectivity index (χ4n) is 3.37. The molecular formula is C20H20FN3O2S2. The van der Waals surface area contributed by atoms with Gasteiger partial charge in [-0.15, -0.1) is 23.1 Å². The summed E-state index contributed by atoms with van der Waals surface area (Å²) >= 11 is 3.03. The Balaban J connectivity index is 1.33. The van der Waals surface area contributed by atoms with Crippen LogP contribution in [0.4, 0.5) is 4.39 Å². The number of hydrogen-bond acceptors (Lipinski definition) is 5. The van der Waals surface area contributed by atoms with E-state index in [1.54, 1.807) is 23.5 Å². The van der Waals surface area contributed by atoms with Crippen molar-refractivity contribution in [1.82, 2.24) is 15.3 Å². The van der Waals surface area contributed by atoms with Crippen LogP contribution < -0.4 is 10.9 Å². The number of hydrogen-bond donors (Lipinski definition) is 2. The predicted octanol–water partition coefficient (Wildman–Crippen LogP) is 3.55. The molecule has 0 bridgehead atoms. The van der Waals surface area contributed by atoms with Crippen molar-refractivity contribution in [2.24, 2.45) is 0 Å². The smallest absolute Gasteiger partial charge is 0.259 e. The monoisotopic (exact) mass is 417 g/mol. The van der Waals surface area contributed by atoms with Gasteiger partial charge in [0.25, 0.3) is 5.56 Å². The molecule has 28 heavy (non-hydrogen) atoms. The van der Waals surface area contributed by atoms with Gasteiger partial charge < -0.3 is 10.3 Å². The van der Waals surface area contributed by atoms with E-state index >= 15 is 0 Å². The molecule has 4 rings (SSSR count). The van der Waals surface area contributed by atoms with E-state index in [2.05, 4.69) is 15.3 Å². The molecule has 0 spiro atoms. The molecule has 0 radical (unpaired) electrons. The summed E-state index contributed by atoms with van der Waals surface area (Å²) in [6.45, 7) is 0.363. The van der Waals surface area contributed by atoms with Crippen LogP contribution in [0.1, 0.15) is 34.7 Å². The van der Waals surface area contributed by atoms with Crippen LogP contribution in [-0.4, -0.2) is 21.6 Å². The summed E-state index contributed by atoms with van der Waals surface area (Å²) in [4.78, 5) is 34.1. The lowest BCUT2D eigenvalue weighted by molar-refractivity contribution is -0.118. The van der Waals surface area contributed by atoms with Crippen molar-refractivity contribution in [1.29, 1.82) is 0 Å². The zero-order valence-corrected chi connectivity index (χ0v) is 16.9. The molecule has 2 N–H and O–H groups in total. The van der Waals surface area contributed by atoms with Crippen molar-refractivity contribution in [3.05, 3.63) is 62.3 Å². The highest BCUT2D eigenvalue weighted by Crippen LogP contribution is 2.33. The van der Waals surface area contributed by atoms with E-state index < -0.39 is 0 Å². The Morgan fingerprint density at radius 2 is 2.04 bits per heavy atom. The summed E-state index contributed by atoms with van der Waals surface area (Å²) in [5.74, 6) is 0.939. The highest BCUT2D eigenvalue weighted by Gasteiger charge is 2.19. The zero-order chi connectivity index (χ0) is 19.5. The zero-order valence-electron chi connectivity index (χ0n) is 15.2. The van der Waals surface area contributed by atoms with Crippen LogP contribution in [0.5, 0.6) is 0 Å². The molecule has 0 saturated heterocycles. The number of aromatic amines is 1. The first-order chi connectivity index (χ1) is 13.6. The second-order valence-corrected chi connectivity index (χ2v) is 8.87. The standard InChI is InChI=1S/C20H20FN3O2S2/c21-13-7-5-12(6-8-13)9-22-17(25)11-27-10-16-23-19(26)18-14-3-1-2-4-15(14)28-20(18)24-16/h5-8H,1-4,9-11H2,(H,22,25)(H,23,24,26). The molecule has 8 heteroatoms. The molecule has 1 aliphatic rings. The van der Waals surface area contributed by atoms with Gasteiger partial charge in [-0.25, -0.2) is 9.37 Å². The van der Waals surface area contributed by atoms with Crippen LogP contribution >= 0.6 is 23.1 Å². The van der Waals surface area contributed by atoms with Crippen molar-refractivity contribution < 1.29 is 9.18 Å². The minimum absolute atomic E-state index is 0.0687. The number of carbonyl (C=O) groups is 1. The van der Waals surface area contributed by atoms with E-state index in [0.29, 0.717) is 18.1 Å². The lowest BCUT2D eigenvalue weighted by Gasteiger charge is -2.09. The number of halogens is 1. The van der Waals surface area contributed by atoms with Crippen LogP contribution in [0.15, 0.2) is 29.1 Å². The highest BCUT2D eigenvalue weighted by atomic mass is 32.2. The molecule has 0 aliphatic heterocycles. The number of fused-ring (bicyclic) bond motifs is 3. The molecule has 0 fully saturated rings. The maximum Gasteiger partial charge on any atom is 0.259 e. The van der Waals surface area contributed by atoms with Crippen molar-refractivity contribution in [3.63, 3.8) is 0 Å². The number of nitrogens with zero attached hydrogens (tertiary/aromatic N) is 1. The van der Waals surface area contributed by atoms with E-state index in [9.17, 15) is 14.0 Å². The molecular weight excluding hydrogens is 397 g/mol. The van der Waals surface area contributed by atoms with Gasteiger partial charge in [0.05, 0.1) is 16.9 Å². The summed E-state index contributed by atoms with van der Waals surface area (Å²) in [6.07, 6.45) is 4.30. The molecule has 0 atom stereocenters. The minimum atomic E-state index is -0.296. The Labute approximate surface area is 169 Å². The number of H-pyrrole nitrogens is 1. The van der Waals surface area contributed by atoms with E-state index in [0.717, 1.165) is 35.0 Å². The number of aryl methyl sites for hydroxylation is 2. The number of rotatable bonds is 6. The van der Waals surface area contributed by atoms with Gasteiger partial charge >= 0.3 is 0 Å². The van der Waals surface area contributed by atoms with Gasteiger partial charge in [0.15, 0.2) is 0 Å². The van der Waals surface area contributed by atoms with Crippen LogP contribution in [-0.2, 0) is 29.9 Å². The third-order valence-electron chi connectivity index (χ3n) is 4.75. The van der Waals surface area contributed by atoms with E-state index in [4.69, 9.17) is 0 Å². The predicted molar refractivity (Wildman–Crippen MR) is 111 cm³/mol. The summed E-state index contributed by atoms with van der Waals surface area (Å²) in [6, 6.07) is 6.04. The van der Waals surface area contributed by atoms with Crippen molar-refractivity contribution >= 4 is 39.2 Å². The Kier molecular flexibility index (Phi) is 5.77. The molecule has 2 heterocycles. The minimum Gasteiger partial charge on any atom is -0.351 e. The topological polar surface area (TPSA) is 74.8 Å². The lowest BCUT2D eigenvalue weighted by Crippen LogP contribution is -2.24. The molecule has 0 unspecified atom stereocenters. The van der Waals surface area contributed by atoms with Crippen molar-refractivity contribution in [3.8, 4) is 0 Å². The van der Waals surface area contributed by atoms with Crippen LogP contribution in [0, 0.1) is 5.82 Å². The Morgan fingerprint density at radius 1 is 1.25 bits per heavy atom. The Hall–Kier alpha value is -2.19. The van der Waals surface area contributed by atoms with Gasteiger partial charge in [0, 0.05) is 11.4 Å². The fraction of sp³-hybridized carbons (Fsp3) is 0.350. The molecule has 146 valence electrons. The van der Waals surface area contributed by atoms with Crippen LogP contribution in [0.25, 0.3) is 10.2 Å². The third-order valence-corrected chi connectivity index (χ3v) is 6.88. The Bertz CT molecular complexity index is 1060. The average molecular weight is 418 g/mol. The summed E-state index contributed by atoms with van der Waals surface area (Å²) in [5.41, 5.74) is 1.96. The number of thioether (sulfide) groups is 1. The van der Waals surface area contributed by atoms with Gasteiger partial charge in [-0.3, -0.25) is 9.59 Å². The number of aromatic nitrogens is 2. The van der Waals surface area contributed by atoms with Crippen molar-refractivity contribution in [2.75, 3.05) is 5.75 Å². The van der Waals surface area contributed by atoms with E-state index in [1.807, 2.05) is 0 Å². The largest absolute Gasteiger partial charge is 0.351 e. The first-order valence-corrected chi connectivity index (χ1v) is 11.2. The Morgan fingerprint density at radius 3 is 2.86 bits per heavy atom. The average Bonchev–Trinajstić information content (AvgIpc) is 3.06. The molecule has 1 aliphatic carbocycles. The van der Waals surface area contributed by atoms with E-state index in [-0.39, 0.29) is 23.0 Å². The summed E-state index contributed by atoms with van der Waals surface area (Å²) in [5, 5.41) is 3.56. The van der Waals surface area contributed by atoms with Crippen LogP contribution in [0.3, 0.4) is 0 Å². The van der Waals surface area contributed by atoms with Gasteiger partial charge in [0.2, 0.25) is 5.91 Å². The molecule has 5 nitrogen and oxygen atoms in total. The van der Waals surface area contributed by atoms with Gasteiger partial charge in [-0.05, 0) is 48.9 Å². The second-order valence-electron chi connectivity index (χ2n) is 6.80. The van der Waals surface area contributed by atoms with Crippen molar-refractivity contribution in [2.45, 2.75) is 38.0 Å². The highest BCUT2D eigenvalue weighted by molar-refractivity contribution is 7.99. The quantitative estimate of drug-likeness (QED) is 0.643. The number of thiophene rings is 1. The second kappa shape index (κ2) is 8.45. The van der Waals surface area contributed by atoms with Crippen LogP contribution in [0.2, 0.25) is 0 Å². The first kappa shape index (κ1) is 19.1. The van der Waals surface area contributed by atoms with Gasteiger partial charge in [-0.1, -0.05) is 12.1 Å². The van der Waals surface area contributed by atoms with E-state index in [1.165, 1.54) is 40.8 Å². The SMILES string of the molecule is O=C(CSCc1nc2sc3c(c2c(=O)[nH]1)CCCC3)NCc1ccc(F)cc1. The molecule has 0 saturated carbocycles. The molecule has 1 amide bonds. The maximum atomic E-state index is 12.9. The number of nitrogens with one attached hydrogen (secondary N) is 2. The number of benzene rings is 1. The number of amides is 1. The normalized spacial score (nSPS) is 13.5. The van der Waals surface area contributed by atoms with Gasteiger partial charge in [-0.2, -0.15) is 0 Å². The van der Waals surface area contributed by atoms with Gasteiger partial charge in [0.1, 0.15) is 16.5 Å². The third kappa shape index (κ3) is 4.28. The summed E-state index contributed by atoms with van der Waals surface area (Å²) < 4.78 is 12.9. The molecule has 1 aromatic carbocycles. The first-order valence-electron chi connectivity index (χ1n) is 9.22.